The van der Waals surface area contributed by atoms with Gasteiger partial charge in [0.05, 0.1) is 4.88 Å². The summed E-state index contributed by atoms with van der Waals surface area (Å²) < 4.78 is 2.37. The second kappa shape index (κ2) is 5.22. The predicted molar refractivity (Wildman–Crippen MR) is 86.4 cm³/mol. The van der Waals surface area contributed by atoms with Crippen LogP contribution in [0.4, 0.5) is 0 Å². The Morgan fingerprint density at radius 2 is 2.25 bits per heavy atom. The van der Waals surface area contributed by atoms with Crippen LogP contribution in [0.15, 0.2) is 35.8 Å². The van der Waals surface area contributed by atoms with Crippen molar-refractivity contribution >= 4 is 34.3 Å². The standard InChI is InChI=1S/C15H15N3S2/c1-5-12-14(16-7-1)18(11-4-2-8-19-10-11)15(17-12)13-6-3-9-20-13/h1,3,5-7,9,11H,2,4,8,10H2. The first-order chi connectivity index (χ1) is 9.93. The van der Waals surface area contributed by atoms with E-state index < -0.39 is 0 Å². The highest BCUT2D eigenvalue weighted by Gasteiger charge is 2.23. The second-order valence-electron chi connectivity index (χ2n) is 5.00. The molecule has 0 N–H and O–H groups in total. The van der Waals surface area contributed by atoms with E-state index >= 15 is 0 Å². The topological polar surface area (TPSA) is 30.7 Å². The molecule has 4 rings (SSSR count). The lowest BCUT2D eigenvalue weighted by Gasteiger charge is -2.24. The molecule has 102 valence electrons. The first-order valence-corrected chi connectivity index (χ1v) is 8.91. The molecule has 1 atom stereocenters. The molecular weight excluding hydrogens is 286 g/mol. The van der Waals surface area contributed by atoms with Gasteiger partial charge in [0.25, 0.3) is 0 Å². The molecule has 3 nitrogen and oxygen atoms in total. The van der Waals surface area contributed by atoms with Crippen molar-refractivity contribution in [2.45, 2.75) is 18.9 Å². The number of fused-ring (bicyclic) bond motifs is 1. The van der Waals surface area contributed by atoms with Crippen LogP contribution in [0.5, 0.6) is 0 Å². The first kappa shape index (κ1) is 12.4. The maximum Gasteiger partial charge on any atom is 0.160 e. The smallest absolute Gasteiger partial charge is 0.160 e. The molecule has 1 fully saturated rings. The average Bonchev–Trinajstić information content (AvgIpc) is 3.15. The Bertz CT molecular complexity index is 712. The number of aromatic nitrogens is 3. The van der Waals surface area contributed by atoms with Gasteiger partial charge in [-0.2, -0.15) is 11.8 Å². The van der Waals surface area contributed by atoms with E-state index in [0.29, 0.717) is 6.04 Å². The maximum absolute atomic E-state index is 4.83. The fraction of sp³-hybridized carbons (Fsp3) is 0.333. The Balaban J connectivity index is 1.93. The summed E-state index contributed by atoms with van der Waals surface area (Å²) in [7, 11) is 0. The van der Waals surface area contributed by atoms with Crippen LogP contribution in [0.3, 0.4) is 0 Å². The molecule has 3 aromatic rings. The number of thiophene rings is 1. The van der Waals surface area contributed by atoms with Crippen LogP contribution in [-0.4, -0.2) is 26.0 Å². The number of hydrogen-bond acceptors (Lipinski definition) is 4. The van der Waals surface area contributed by atoms with E-state index in [9.17, 15) is 0 Å². The molecule has 1 aliphatic rings. The van der Waals surface area contributed by atoms with Crippen LogP contribution >= 0.6 is 23.1 Å². The molecule has 3 aromatic heterocycles. The zero-order valence-electron chi connectivity index (χ0n) is 11.0. The molecule has 0 aliphatic carbocycles. The van der Waals surface area contributed by atoms with E-state index in [2.05, 4.69) is 33.1 Å². The lowest BCUT2D eigenvalue weighted by atomic mass is 10.2. The van der Waals surface area contributed by atoms with Crippen LogP contribution in [0.2, 0.25) is 0 Å². The molecular formula is C15H15N3S2. The van der Waals surface area contributed by atoms with Gasteiger partial charge < -0.3 is 4.57 Å². The number of imidazole rings is 1. The Morgan fingerprint density at radius 1 is 1.25 bits per heavy atom. The molecule has 0 amide bonds. The van der Waals surface area contributed by atoms with Gasteiger partial charge in [-0.25, -0.2) is 9.97 Å². The van der Waals surface area contributed by atoms with Crippen LogP contribution < -0.4 is 0 Å². The zero-order valence-corrected chi connectivity index (χ0v) is 12.7. The van der Waals surface area contributed by atoms with Crippen molar-refractivity contribution in [2.24, 2.45) is 0 Å². The van der Waals surface area contributed by atoms with Crippen LogP contribution in [0, 0.1) is 0 Å². The molecule has 0 radical (unpaired) electrons. The minimum absolute atomic E-state index is 0.519. The minimum atomic E-state index is 0.519. The van der Waals surface area contributed by atoms with E-state index in [1.54, 1.807) is 11.3 Å². The average molecular weight is 301 g/mol. The lowest BCUT2D eigenvalue weighted by Crippen LogP contribution is -2.17. The summed E-state index contributed by atoms with van der Waals surface area (Å²) in [4.78, 5) is 10.6. The van der Waals surface area contributed by atoms with E-state index in [4.69, 9.17) is 4.98 Å². The van der Waals surface area contributed by atoms with E-state index in [0.717, 1.165) is 17.0 Å². The number of rotatable bonds is 2. The summed E-state index contributed by atoms with van der Waals surface area (Å²) in [6.07, 6.45) is 4.38. The summed E-state index contributed by atoms with van der Waals surface area (Å²) >= 11 is 3.79. The number of hydrogen-bond donors (Lipinski definition) is 0. The molecule has 0 aromatic carbocycles. The van der Waals surface area contributed by atoms with Crippen molar-refractivity contribution in [3.8, 4) is 10.7 Å². The Kier molecular flexibility index (Phi) is 3.24. The predicted octanol–water partition coefficient (Wildman–Crippen LogP) is 4.23. The Morgan fingerprint density at radius 3 is 3.05 bits per heavy atom. The summed E-state index contributed by atoms with van der Waals surface area (Å²) in [6.45, 7) is 0. The van der Waals surface area contributed by atoms with Crippen molar-refractivity contribution in [1.29, 1.82) is 0 Å². The van der Waals surface area contributed by atoms with E-state index in [-0.39, 0.29) is 0 Å². The molecule has 5 heteroatoms. The molecule has 1 aliphatic heterocycles. The summed E-state index contributed by atoms with van der Waals surface area (Å²) in [5.41, 5.74) is 2.04. The van der Waals surface area contributed by atoms with Gasteiger partial charge >= 0.3 is 0 Å². The van der Waals surface area contributed by atoms with Gasteiger partial charge in [-0.15, -0.1) is 11.3 Å². The van der Waals surface area contributed by atoms with Gasteiger partial charge in [0, 0.05) is 18.0 Å². The van der Waals surface area contributed by atoms with Crippen LogP contribution in [-0.2, 0) is 0 Å². The molecule has 20 heavy (non-hydrogen) atoms. The highest BCUT2D eigenvalue weighted by atomic mass is 32.2. The van der Waals surface area contributed by atoms with Crippen LogP contribution in [0.25, 0.3) is 21.9 Å². The number of thioether (sulfide) groups is 1. The molecule has 0 spiro atoms. The van der Waals surface area contributed by atoms with Crippen molar-refractivity contribution in [3.05, 3.63) is 35.8 Å². The van der Waals surface area contributed by atoms with Crippen molar-refractivity contribution in [1.82, 2.24) is 14.5 Å². The van der Waals surface area contributed by atoms with Gasteiger partial charge in [-0.05, 0) is 42.2 Å². The van der Waals surface area contributed by atoms with Gasteiger partial charge in [0.2, 0.25) is 0 Å². The normalized spacial score (nSPS) is 19.5. The van der Waals surface area contributed by atoms with Crippen molar-refractivity contribution < 1.29 is 0 Å². The van der Waals surface area contributed by atoms with Gasteiger partial charge in [-0.3, -0.25) is 0 Å². The van der Waals surface area contributed by atoms with Crippen LogP contribution in [0.1, 0.15) is 18.9 Å². The van der Waals surface area contributed by atoms with Gasteiger partial charge in [0.1, 0.15) is 5.52 Å². The first-order valence-electron chi connectivity index (χ1n) is 6.88. The highest BCUT2D eigenvalue weighted by Crippen LogP contribution is 2.35. The largest absolute Gasteiger partial charge is 0.304 e. The van der Waals surface area contributed by atoms with Gasteiger partial charge in [0.15, 0.2) is 11.5 Å². The summed E-state index contributed by atoms with van der Waals surface area (Å²) in [5, 5.41) is 2.11. The molecule has 4 heterocycles. The monoisotopic (exact) mass is 301 g/mol. The third-order valence-corrected chi connectivity index (χ3v) is 5.76. The maximum atomic E-state index is 4.83. The third kappa shape index (κ3) is 2.05. The van der Waals surface area contributed by atoms with E-state index in [1.807, 2.05) is 24.0 Å². The highest BCUT2D eigenvalue weighted by molar-refractivity contribution is 7.99. The Hall–Kier alpha value is -1.33. The minimum Gasteiger partial charge on any atom is -0.304 e. The number of nitrogens with zero attached hydrogens (tertiary/aromatic N) is 3. The molecule has 0 saturated carbocycles. The quantitative estimate of drug-likeness (QED) is 0.710. The fourth-order valence-electron chi connectivity index (χ4n) is 2.78. The summed E-state index contributed by atoms with van der Waals surface area (Å²) in [6, 6.07) is 8.79. The SMILES string of the molecule is c1csc(-c2nc3cccnc3n2C2CCCSC2)c1. The van der Waals surface area contributed by atoms with Gasteiger partial charge in [-0.1, -0.05) is 6.07 Å². The summed E-state index contributed by atoms with van der Waals surface area (Å²) in [5.74, 6) is 3.53. The molecule has 1 saturated heterocycles. The zero-order chi connectivity index (χ0) is 13.4. The second-order valence-corrected chi connectivity index (χ2v) is 7.10. The fourth-order valence-corrected chi connectivity index (χ4v) is 4.62. The molecule has 1 unspecified atom stereocenters. The Labute approximate surface area is 126 Å². The lowest BCUT2D eigenvalue weighted by molar-refractivity contribution is 0.513. The number of pyridine rings is 1. The third-order valence-electron chi connectivity index (χ3n) is 3.69. The van der Waals surface area contributed by atoms with Crippen molar-refractivity contribution in [2.75, 3.05) is 11.5 Å². The van der Waals surface area contributed by atoms with E-state index in [1.165, 1.54) is 29.2 Å². The van der Waals surface area contributed by atoms with Crippen molar-refractivity contribution in [3.63, 3.8) is 0 Å². The molecule has 0 bridgehead atoms.